The summed E-state index contributed by atoms with van der Waals surface area (Å²) < 4.78 is 0. The highest BCUT2D eigenvalue weighted by Crippen LogP contribution is 2.55. The fourth-order valence-corrected chi connectivity index (χ4v) is 5.96. The molecule has 136 valence electrons. The quantitative estimate of drug-likeness (QED) is 0.643. The predicted molar refractivity (Wildman–Crippen MR) is 107 cm³/mol. The number of halogens is 1. The van der Waals surface area contributed by atoms with Gasteiger partial charge in [-0.15, -0.1) is 0 Å². The van der Waals surface area contributed by atoms with E-state index in [0.717, 1.165) is 30.3 Å². The van der Waals surface area contributed by atoms with Crippen LogP contribution >= 0.6 is 11.6 Å². The maximum atomic E-state index is 10.8. The van der Waals surface area contributed by atoms with E-state index in [1.54, 1.807) is 0 Å². The zero-order chi connectivity index (χ0) is 17.7. The summed E-state index contributed by atoms with van der Waals surface area (Å²) in [5, 5.41) is 18.5. The van der Waals surface area contributed by atoms with E-state index in [0.29, 0.717) is 16.8 Å². The highest BCUT2D eigenvalue weighted by Gasteiger charge is 2.51. The molecule has 2 fully saturated rings. The fraction of sp³-hybridized carbons (Fsp3) is 0.455. The summed E-state index contributed by atoms with van der Waals surface area (Å²) in [6, 6.07) is 12.4. The van der Waals surface area contributed by atoms with E-state index in [4.69, 9.17) is 11.6 Å². The summed E-state index contributed by atoms with van der Waals surface area (Å²) in [5.41, 5.74) is 4.63. The van der Waals surface area contributed by atoms with Gasteiger partial charge >= 0.3 is 0 Å². The van der Waals surface area contributed by atoms with Crippen LogP contribution in [0.1, 0.15) is 43.2 Å². The number of phenols is 1. The highest BCUT2D eigenvalue weighted by molar-refractivity contribution is 6.33. The van der Waals surface area contributed by atoms with Crippen molar-refractivity contribution >= 4 is 23.0 Å². The van der Waals surface area contributed by atoms with Crippen molar-refractivity contribution in [3.63, 3.8) is 0 Å². The molecule has 3 N–H and O–H groups in total. The average molecular weight is 369 g/mol. The van der Waals surface area contributed by atoms with Gasteiger partial charge in [0.15, 0.2) is 0 Å². The van der Waals surface area contributed by atoms with Gasteiger partial charge in [-0.3, -0.25) is 0 Å². The average Bonchev–Trinajstić information content (AvgIpc) is 2.65. The number of aromatic hydroxyl groups is 1. The number of benzene rings is 2. The van der Waals surface area contributed by atoms with E-state index in [1.807, 2.05) is 30.3 Å². The van der Waals surface area contributed by atoms with Crippen LogP contribution in [-0.4, -0.2) is 17.7 Å². The van der Waals surface area contributed by atoms with Crippen LogP contribution in [0.15, 0.2) is 36.4 Å². The molecule has 2 aliphatic carbocycles. The minimum Gasteiger partial charge on any atom is -0.506 e. The van der Waals surface area contributed by atoms with Gasteiger partial charge in [0.1, 0.15) is 5.75 Å². The predicted octanol–water partition coefficient (Wildman–Crippen LogP) is 5.14. The Labute approximate surface area is 159 Å². The van der Waals surface area contributed by atoms with E-state index in [-0.39, 0.29) is 5.41 Å². The van der Waals surface area contributed by atoms with Gasteiger partial charge in [0, 0.05) is 11.5 Å². The lowest BCUT2D eigenvalue weighted by Gasteiger charge is -2.56. The number of rotatable bonds is 2. The first-order valence-electron chi connectivity index (χ1n) is 9.79. The van der Waals surface area contributed by atoms with Gasteiger partial charge in [-0.25, -0.2) is 0 Å². The molecule has 1 heterocycles. The number of hydrogen-bond acceptors (Lipinski definition) is 3. The van der Waals surface area contributed by atoms with Crippen LogP contribution in [0.3, 0.4) is 0 Å². The Morgan fingerprint density at radius 1 is 1.12 bits per heavy atom. The Bertz CT molecular complexity index is 848. The van der Waals surface area contributed by atoms with Gasteiger partial charge in [0.25, 0.3) is 0 Å². The third-order valence-electron chi connectivity index (χ3n) is 6.90. The molecule has 5 rings (SSSR count). The van der Waals surface area contributed by atoms with Crippen molar-refractivity contribution in [3.8, 4) is 5.75 Å². The van der Waals surface area contributed by atoms with E-state index in [9.17, 15) is 5.11 Å². The van der Waals surface area contributed by atoms with Crippen LogP contribution in [0.5, 0.6) is 5.75 Å². The van der Waals surface area contributed by atoms with E-state index >= 15 is 0 Å². The van der Waals surface area contributed by atoms with Crippen LogP contribution < -0.4 is 10.6 Å². The Hall–Kier alpha value is -1.71. The lowest BCUT2D eigenvalue weighted by Crippen LogP contribution is -2.59. The minimum absolute atomic E-state index is 0.266. The van der Waals surface area contributed by atoms with Crippen molar-refractivity contribution in [2.24, 2.45) is 5.92 Å². The second-order valence-electron chi connectivity index (χ2n) is 8.15. The second kappa shape index (κ2) is 6.17. The van der Waals surface area contributed by atoms with Crippen LogP contribution in [0.2, 0.25) is 5.02 Å². The zero-order valence-corrected chi connectivity index (χ0v) is 15.6. The lowest BCUT2D eigenvalue weighted by molar-refractivity contribution is 0.0796. The number of phenolic OH excluding ortho intramolecular Hbond substituents is 1. The van der Waals surface area contributed by atoms with Crippen molar-refractivity contribution in [2.45, 2.75) is 50.0 Å². The number of piperidine rings is 1. The molecule has 3 nitrogen and oxygen atoms in total. The molecule has 3 atom stereocenters. The van der Waals surface area contributed by atoms with Crippen LogP contribution in [0.25, 0.3) is 0 Å². The monoisotopic (exact) mass is 368 g/mol. The maximum Gasteiger partial charge on any atom is 0.139 e. The van der Waals surface area contributed by atoms with Crippen molar-refractivity contribution < 1.29 is 5.11 Å². The Kier molecular flexibility index (Phi) is 3.91. The Balaban J connectivity index is 1.57. The van der Waals surface area contributed by atoms with Crippen LogP contribution in [-0.2, 0) is 11.8 Å². The van der Waals surface area contributed by atoms with Gasteiger partial charge in [-0.05, 0) is 73.5 Å². The number of nitrogens with one attached hydrogen (secondary N) is 2. The molecule has 0 amide bonds. The third kappa shape index (κ3) is 2.44. The molecule has 2 aromatic rings. The zero-order valence-electron chi connectivity index (χ0n) is 14.9. The molecule has 2 aromatic carbocycles. The van der Waals surface area contributed by atoms with Gasteiger partial charge in [0.05, 0.1) is 16.4 Å². The highest BCUT2D eigenvalue weighted by atomic mass is 35.5. The smallest absolute Gasteiger partial charge is 0.139 e. The SMILES string of the molecule is Oc1cc2c(cc1Nc1ccccc1Cl)C[C@H]1NCC[C@@]23CCCC[C@@H]13. The maximum absolute atomic E-state index is 10.8. The molecule has 26 heavy (non-hydrogen) atoms. The Morgan fingerprint density at radius 2 is 2.00 bits per heavy atom. The van der Waals surface area contributed by atoms with Crippen molar-refractivity contribution in [1.82, 2.24) is 5.32 Å². The summed E-state index contributed by atoms with van der Waals surface area (Å²) in [5.74, 6) is 1.05. The molecule has 2 bridgehead atoms. The largest absolute Gasteiger partial charge is 0.506 e. The van der Waals surface area contributed by atoms with Crippen LogP contribution in [0.4, 0.5) is 11.4 Å². The van der Waals surface area contributed by atoms with Gasteiger partial charge in [-0.2, -0.15) is 0 Å². The fourth-order valence-electron chi connectivity index (χ4n) is 5.78. The minimum atomic E-state index is 0.266. The summed E-state index contributed by atoms with van der Waals surface area (Å²) in [4.78, 5) is 0. The lowest BCUT2D eigenvalue weighted by atomic mass is 9.53. The summed E-state index contributed by atoms with van der Waals surface area (Å²) >= 11 is 6.28. The van der Waals surface area contributed by atoms with Crippen molar-refractivity contribution in [1.29, 1.82) is 0 Å². The summed E-state index contributed by atoms with van der Waals surface area (Å²) in [6.07, 6.45) is 7.48. The number of hydrogen-bond donors (Lipinski definition) is 3. The van der Waals surface area contributed by atoms with Gasteiger partial charge < -0.3 is 15.7 Å². The number of fused-ring (bicyclic) bond motifs is 1. The van der Waals surface area contributed by atoms with Crippen molar-refractivity contribution in [3.05, 3.63) is 52.5 Å². The molecular weight excluding hydrogens is 344 g/mol. The molecule has 0 unspecified atom stereocenters. The first-order valence-corrected chi connectivity index (χ1v) is 10.2. The normalized spacial score (nSPS) is 29.6. The second-order valence-corrected chi connectivity index (χ2v) is 8.56. The van der Waals surface area contributed by atoms with Crippen LogP contribution in [0, 0.1) is 5.92 Å². The first kappa shape index (κ1) is 16.5. The molecule has 1 saturated carbocycles. The number of para-hydroxylation sites is 1. The van der Waals surface area contributed by atoms with Gasteiger partial charge in [0.2, 0.25) is 0 Å². The number of anilines is 2. The van der Waals surface area contributed by atoms with Gasteiger partial charge in [-0.1, -0.05) is 36.6 Å². The first-order chi connectivity index (χ1) is 12.7. The molecule has 0 spiro atoms. The topological polar surface area (TPSA) is 44.3 Å². The molecule has 3 aliphatic rings. The van der Waals surface area contributed by atoms with E-state index in [1.165, 1.54) is 43.2 Å². The molecule has 0 aromatic heterocycles. The van der Waals surface area contributed by atoms with E-state index < -0.39 is 0 Å². The summed E-state index contributed by atoms with van der Waals surface area (Å²) in [7, 11) is 0. The standard InChI is InChI=1S/C22H25ClN2O/c23-17-6-1-2-7-18(17)25-20-12-14-11-19-15-5-3-4-8-22(15,9-10-24-19)16(14)13-21(20)26/h1-2,6-7,12-13,15,19,24-26H,3-5,8-11H2/t15-,19+,22+/m0/s1. The molecule has 1 aliphatic heterocycles. The van der Waals surface area contributed by atoms with Crippen molar-refractivity contribution in [2.75, 3.05) is 11.9 Å². The molecule has 4 heteroatoms. The molecular formula is C22H25ClN2O. The Morgan fingerprint density at radius 3 is 2.88 bits per heavy atom. The van der Waals surface area contributed by atoms with E-state index in [2.05, 4.69) is 16.7 Å². The molecule has 1 saturated heterocycles. The molecule has 0 radical (unpaired) electrons. The summed E-state index contributed by atoms with van der Waals surface area (Å²) in [6.45, 7) is 1.10. The third-order valence-corrected chi connectivity index (χ3v) is 7.23.